The quantitative estimate of drug-likeness (QED) is 0.634. The average Bonchev–Trinajstić information content (AvgIpc) is 3.37. The molecule has 12 heteroatoms. The molecule has 172 valence electrons. The summed E-state index contributed by atoms with van der Waals surface area (Å²) < 4.78 is 20.3. The lowest BCUT2D eigenvalue weighted by atomic mass is 10.2. The number of carbonyl (C=O) groups is 1. The molecule has 3 heterocycles. The summed E-state index contributed by atoms with van der Waals surface area (Å²) in [6, 6.07) is 4.88. The van der Waals surface area contributed by atoms with Crippen LogP contribution in [0.2, 0.25) is 0 Å². The Labute approximate surface area is 201 Å². The Kier molecular flexibility index (Phi) is 7.01. The Bertz CT molecular complexity index is 953. The van der Waals surface area contributed by atoms with Crippen molar-refractivity contribution >= 4 is 68.8 Å². The maximum Gasteiger partial charge on any atom is 0.414 e. The van der Waals surface area contributed by atoms with E-state index < -0.39 is 6.09 Å². The van der Waals surface area contributed by atoms with Crippen molar-refractivity contribution in [1.82, 2.24) is 15.2 Å². The number of hydrogen-bond donors (Lipinski definition) is 1. The monoisotopic (exact) mass is 496 g/mol. The lowest BCUT2D eigenvalue weighted by Crippen LogP contribution is -2.51. The van der Waals surface area contributed by atoms with E-state index in [0.29, 0.717) is 60.7 Å². The summed E-state index contributed by atoms with van der Waals surface area (Å²) in [5.74, 6) is 0.376. The molecule has 0 spiro atoms. The van der Waals surface area contributed by atoms with Crippen molar-refractivity contribution < 1.29 is 13.9 Å². The first-order valence-corrected chi connectivity index (χ1v) is 12.1. The first kappa shape index (κ1) is 23.0. The van der Waals surface area contributed by atoms with E-state index in [4.69, 9.17) is 29.2 Å². The van der Waals surface area contributed by atoms with E-state index in [1.54, 1.807) is 30.8 Å². The van der Waals surface area contributed by atoms with Gasteiger partial charge in [-0.3, -0.25) is 4.90 Å². The van der Waals surface area contributed by atoms with Crippen LogP contribution in [0.4, 0.5) is 20.6 Å². The lowest BCUT2D eigenvalue weighted by molar-refractivity contribution is 0.143. The summed E-state index contributed by atoms with van der Waals surface area (Å²) in [6.45, 7) is 7.21. The van der Waals surface area contributed by atoms with Crippen molar-refractivity contribution in [2.75, 3.05) is 54.9 Å². The molecule has 1 atom stereocenters. The van der Waals surface area contributed by atoms with Crippen molar-refractivity contribution in [3.8, 4) is 0 Å². The summed E-state index contributed by atoms with van der Waals surface area (Å²) in [6.07, 6.45) is -0.812. The van der Waals surface area contributed by atoms with Gasteiger partial charge in [-0.1, -0.05) is 24.0 Å². The molecule has 3 aliphatic heterocycles. The Morgan fingerprint density at radius 2 is 2.06 bits per heavy atom. The molecule has 0 aliphatic carbocycles. The van der Waals surface area contributed by atoms with Gasteiger partial charge in [0.2, 0.25) is 0 Å². The van der Waals surface area contributed by atoms with Gasteiger partial charge in [-0.15, -0.1) is 0 Å². The van der Waals surface area contributed by atoms with Crippen LogP contribution in [0.3, 0.4) is 0 Å². The van der Waals surface area contributed by atoms with Crippen LogP contribution >= 0.6 is 36.2 Å². The molecule has 0 bridgehead atoms. The Balaban J connectivity index is 1.35. The molecule has 1 aromatic rings. The van der Waals surface area contributed by atoms with Gasteiger partial charge >= 0.3 is 6.09 Å². The molecule has 1 aromatic carbocycles. The first-order valence-electron chi connectivity index (χ1n) is 10.3. The maximum absolute atomic E-state index is 15.0. The highest BCUT2D eigenvalue weighted by molar-refractivity contribution is 8.14. The molecule has 2 saturated heterocycles. The SMILES string of the molecule is CC(=S)NC[C@H]1CN(c2ccc(N3CCN(C(=S)N4CSC(C)=N4)CC3)c(F)c2)C(=O)O1. The summed E-state index contributed by atoms with van der Waals surface area (Å²) >= 11 is 12.2. The number of ether oxygens (including phenoxy) is 1. The summed E-state index contributed by atoms with van der Waals surface area (Å²) in [7, 11) is 0. The van der Waals surface area contributed by atoms with Gasteiger partial charge in [0.25, 0.3) is 0 Å². The predicted molar refractivity (Wildman–Crippen MR) is 134 cm³/mol. The van der Waals surface area contributed by atoms with E-state index >= 15 is 0 Å². The van der Waals surface area contributed by atoms with E-state index in [2.05, 4.69) is 15.3 Å². The normalized spacial score (nSPS) is 21.0. The molecule has 8 nitrogen and oxygen atoms in total. The highest BCUT2D eigenvalue weighted by Crippen LogP contribution is 2.29. The number of anilines is 2. The number of amides is 1. The van der Waals surface area contributed by atoms with E-state index in [1.807, 2.05) is 16.8 Å². The van der Waals surface area contributed by atoms with Gasteiger partial charge in [0.1, 0.15) is 11.9 Å². The number of hydrogen-bond acceptors (Lipinski definition) is 7. The minimum atomic E-state index is -0.480. The van der Waals surface area contributed by atoms with Crippen molar-refractivity contribution in [2.45, 2.75) is 20.0 Å². The number of cyclic esters (lactones) is 1. The van der Waals surface area contributed by atoms with E-state index in [-0.39, 0.29) is 11.9 Å². The van der Waals surface area contributed by atoms with E-state index in [1.165, 1.54) is 11.0 Å². The summed E-state index contributed by atoms with van der Waals surface area (Å²) in [5, 5.41) is 11.0. The second-order valence-corrected chi connectivity index (χ2v) is 9.85. The number of nitrogens with one attached hydrogen (secondary N) is 1. The molecular weight excluding hydrogens is 471 g/mol. The third-order valence-corrected chi connectivity index (χ3v) is 6.95. The molecule has 4 rings (SSSR count). The fourth-order valence-corrected chi connectivity index (χ4v) is 4.90. The van der Waals surface area contributed by atoms with Crippen LogP contribution in [-0.2, 0) is 4.74 Å². The molecule has 0 radical (unpaired) electrons. The van der Waals surface area contributed by atoms with Gasteiger partial charge in [0.05, 0.1) is 40.4 Å². The van der Waals surface area contributed by atoms with Crippen LogP contribution in [0.1, 0.15) is 13.8 Å². The van der Waals surface area contributed by atoms with Crippen molar-refractivity contribution in [2.24, 2.45) is 5.10 Å². The van der Waals surface area contributed by atoms with Gasteiger partial charge in [-0.05, 0) is 44.3 Å². The van der Waals surface area contributed by atoms with Crippen LogP contribution in [-0.4, -0.2) is 82.4 Å². The zero-order valence-corrected chi connectivity index (χ0v) is 20.4. The number of benzene rings is 1. The molecule has 0 saturated carbocycles. The molecule has 2 fully saturated rings. The molecule has 32 heavy (non-hydrogen) atoms. The van der Waals surface area contributed by atoms with Crippen LogP contribution in [0.15, 0.2) is 23.3 Å². The Hall–Kier alpha value is -2.18. The Morgan fingerprint density at radius 3 is 2.69 bits per heavy atom. The highest BCUT2D eigenvalue weighted by Gasteiger charge is 2.33. The molecule has 0 unspecified atom stereocenters. The second kappa shape index (κ2) is 9.75. The number of rotatable bonds is 4. The number of halogens is 1. The second-order valence-electron chi connectivity index (χ2n) is 7.74. The zero-order valence-electron chi connectivity index (χ0n) is 17.9. The highest BCUT2D eigenvalue weighted by atomic mass is 32.2. The van der Waals surface area contributed by atoms with Crippen molar-refractivity contribution in [1.29, 1.82) is 0 Å². The minimum Gasteiger partial charge on any atom is -0.442 e. The molecule has 1 N–H and O–H groups in total. The zero-order chi connectivity index (χ0) is 22.8. The van der Waals surface area contributed by atoms with Gasteiger partial charge < -0.3 is 19.9 Å². The van der Waals surface area contributed by atoms with Crippen molar-refractivity contribution in [3.63, 3.8) is 0 Å². The van der Waals surface area contributed by atoms with Crippen LogP contribution in [0.5, 0.6) is 0 Å². The van der Waals surface area contributed by atoms with Gasteiger partial charge in [0, 0.05) is 26.2 Å². The third kappa shape index (κ3) is 5.07. The van der Waals surface area contributed by atoms with Gasteiger partial charge in [-0.25, -0.2) is 14.2 Å². The summed E-state index contributed by atoms with van der Waals surface area (Å²) in [4.78, 5) is 18.4. The van der Waals surface area contributed by atoms with E-state index in [9.17, 15) is 9.18 Å². The van der Waals surface area contributed by atoms with E-state index in [0.717, 1.165) is 10.9 Å². The minimum absolute atomic E-state index is 0.331. The molecular formula is C20H25FN6O2S3. The van der Waals surface area contributed by atoms with Gasteiger partial charge in [-0.2, -0.15) is 5.10 Å². The van der Waals surface area contributed by atoms with Crippen LogP contribution < -0.4 is 15.1 Å². The first-order chi connectivity index (χ1) is 15.3. The number of nitrogens with zero attached hydrogens (tertiary/aromatic N) is 5. The Morgan fingerprint density at radius 1 is 1.31 bits per heavy atom. The van der Waals surface area contributed by atoms with Crippen LogP contribution in [0.25, 0.3) is 0 Å². The van der Waals surface area contributed by atoms with Gasteiger partial charge in [0.15, 0.2) is 5.11 Å². The largest absolute Gasteiger partial charge is 0.442 e. The number of thiocarbonyl (C=S) groups is 2. The molecule has 3 aliphatic rings. The summed E-state index contributed by atoms with van der Waals surface area (Å²) in [5.41, 5.74) is 1.00. The maximum atomic E-state index is 15.0. The predicted octanol–water partition coefficient (Wildman–Crippen LogP) is 2.83. The number of thioether (sulfide) groups is 1. The smallest absolute Gasteiger partial charge is 0.414 e. The average molecular weight is 497 g/mol. The number of piperazine rings is 1. The topological polar surface area (TPSA) is 63.7 Å². The van der Waals surface area contributed by atoms with Crippen LogP contribution in [0, 0.1) is 5.82 Å². The number of carbonyl (C=O) groups excluding carboxylic acids is 1. The fraction of sp³-hybridized carbons (Fsp3) is 0.500. The third-order valence-electron chi connectivity index (χ3n) is 5.46. The molecule has 0 aromatic heterocycles. The molecule has 1 amide bonds. The lowest BCUT2D eigenvalue weighted by Gasteiger charge is -2.38. The fourth-order valence-electron chi connectivity index (χ4n) is 3.80. The van der Waals surface area contributed by atoms with Crippen molar-refractivity contribution in [3.05, 3.63) is 24.0 Å². The number of hydrazone groups is 1. The standard InChI is InChI=1S/C20H25FN6O2S3/c1-13(30)22-10-16-11-26(20(28)29-16)15-3-4-18(17(21)9-15)24-5-7-25(8-6-24)19(31)27-12-32-14(2)23-27/h3-4,9,16H,5-8,10-12H2,1-2H3,(H,22,30)/t16-/m0/s1.